The van der Waals surface area contributed by atoms with Crippen molar-refractivity contribution >= 4 is 28.6 Å². The van der Waals surface area contributed by atoms with Gasteiger partial charge in [0.05, 0.1) is 11.7 Å². The Morgan fingerprint density at radius 3 is 2.72 bits per heavy atom. The molecule has 0 saturated heterocycles. The summed E-state index contributed by atoms with van der Waals surface area (Å²) in [6.07, 6.45) is 5.99. The van der Waals surface area contributed by atoms with Crippen molar-refractivity contribution in [2.24, 2.45) is 12.8 Å². The largest absolute Gasteiger partial charge is 0.344 e. The molecule has 0 radical (unpaired) electrons. The lowest BCUT2D eigenvalue weighted by Crippen LogP contribution is -2.34. The minimum Gasteiger partial charge on any atom is -0.344 e. The van der Waals surface area contributed by atoms with E-state index in [2.05, 4.69) is 10.4 Å². The molecule has 1 aromatic carbocycles. The van der Waals surface area contributed by atoms with Crippen molar-refractivity contribution in [2.45, 2.75) is 12.5 Å². The fourth-order valence-corrected chi connectivity index (χ4v) is 3.16. The Bertz CT molecular complexity index is 851. The molecule has 1 aliphatic rings. The summed E-state index contributed by atoms with van der Waals surface area (Å²) in [5, 5.41) is 7.18. The van der Waals surface area contributed by atoms with Crippen LogP contribution in [0.3, 0.4) is 0 Å². The van der Waals surface area contributed by atoms with E-state index in [0.29, 0.717) is 18.5 Å². The Balaban J connectivity index is 1.82. The molecule has 25 heavy (non-hydrogen) atoms. The van der Waals surface area contributed by atoms with Gasteiger partial charge in [-0.25, -0.2) is 0 Å². The molecule has 0 aliphatic heterocycles. The highest BCUT2D eigenvalue weighted by Crippen LogP contribution is 2.25. The predicted octanol–water partition coefficient (Wildman–Crippen LogP) is 2.32. The van der Waals surface area contributed by atoms with E-state index in [0.717, 1.165) is 21.7 Å². The quantitative estimate of drug-likeness (QED) is 0.810. The number of benzene rings is 1. The topological polar surface area (TPSA) is 72.9 Å². The van der Waals surface area contributed by atoms with Gasteiger partial charge in [0.1, 0.15) is 0 Å². The van der Waals surface area contributed by atoms with Gasteiger partial charge in [-0.05, 0) is 29.4 Å². The number of rotatable bonds is 5. The van der Waals surface area contributed by atoms with E-state index < -0.39 is 0 Å². The van der Waals surface area contributed by atoms with Gasteiger partial charge in [-0.1, -0.05) is 42.5 Å². The number of nitrogens with one attached hydrogen (secondary N) is 1. The van der Waals surface area contributed by atoms with E-state index in [1.54, 1.807) is 17.0 Å². The molecule has 128 valence electrons. The summed E-state index contributed by atoms with van der Waals surface area (Å²) in [5.74, 6) is -0.180. The average Bonchev–Trinajstić information content (AvgIpc) is 3.05. The lowest BCUT2D eigenvalue weighted by molar-refractivity contribution is -0.117. The van der Waals surface area contributed by atoms with Crippen LogP contribution in [0.5, 0.6) is 0 Å². The third kappa shape index (κ3) is 3.92. The third-order valence-corrected chi connectivity index (χ3v) is 4.43. The summed E-state index contributed by atoms with van der Waals surface area (Å²) < 4.78 is 1.78. The highest BCUT2D eigenvalue weighted by atomic mass is 32.1. The zero-order chi connectivity index (χ0) is 17.8. The molecular weight excluding hydrogens is 332 g/mol. The Labute approximate surface area is 152 Å². The summed E-state index contributed by atoms with van der Waals surface area (Å²) in [4.78, 5) is 13.5. The van der Waals surface area contributed by atoms with Crippen LogP contribution >= 0.6 is 12.2 Å². The van der Waals surface area contributed by atoms with Crippen molar-refractivity contribution in [3.05, 3.63) is 71.6 Å². The first kappa shape index (κ1) is 17.3. The zero-order valence-electron chi connectivity index (χ0n) is 14.0. The third-order valence-electron chi connectivity index (χ3n) is 4.17. The van der Waals surface area contributed by atoms with Crippen molar-refractivity contribution < 1.29 is 4.79 Å². The van der Waals surface area contributed by atoms with Crippen molar-refractivity contribution in [3.63, 3.8) is 0 Å². The van der Waals surface area contributed by atoms with Crippen molar-refractivity contribution in [1.82, 2.24) is 15.1 Å². The average molecular weight is 352 g/mol. The molecule has 0 fully saturated rings. The standard InChI is InChI=1S/C19H20N4OS/c1-23-18(7-8-21-23)14-9-15(11-16(25)10-14)19(24)22-17(12-20)13-5-3-2-4-6-13/h2-9,11,17H,10,12,20H2,1H3,(H,22,24). The van der Waals surface area contributed by atoms with Gasteiger partial charge in [0.15, 0.2) is 0 Å². The molecular formula is C19H20N4OS. The number of aromatic nitrogens is 2. The molecule has 3 rings (SSSR count). The number of hydrogen-bond acceptors (Lipinski definition) is 4. The summed E-state index contributed by atoms with van der Waals surface area (Å²) in [5.41, 5.74) is 9.32. The van der Waals surface area contributed by atoms with Gasteiger partial charge in [0.25, 0.3) is 5.91 Å². The van der Waals surface area contributed by atoms with Gasteiger partial charge in [0, 0.05) is 36.6 Å². The Morgan fingerprint density at radius 1 is 1.32 bits per heavy atom. The minimum atomic E-state index is -0.237. The maximum absolute atomic E-state index is 12.7. The van der Waals surface area contributed by atoms with Crippen LogP contribution in [0.25, 0.3) is 5.57 Å². The van der Waals surface area contributed by atoms with E-state index in [-0.39, 0.29) is 11.9 Å². The number of thiocarbonyl (C=S) groups is 1. The van der Waals surface area contributed by atoms with Crippen LogP contribution in [0.2, 0.25) is 0 Å². The molecule has 2 aromatic rings. The van der Waals surface area contributed by atoms with E-state index in [1.807, 2.05) is 49.5 Å². The van der Waals surface area contributed by atoms with Crippen LogP contribution < -0.4 is 11.1 Å². The lowest BCUT2D eigenvalue weighted by atomic mass is 9.96. The number of amides is 1. The van der Waals surface area contributed by atoms with Crippen LogP contribution in [0.4, 0.5) is 0 Å². The smallest absolute Gasteiger partial charge is 0.251 e. The van der Waals surface area contributed by atoms with Gasteiger partial charge in [-0.2, -0.15) is 5.10 Å². The number of aryl methyl sites for hydroxylation is 1. The molecule has 1 heterocycles. The van der Waals surface area contributed by atoms with E-state index in [4.69, 9.17) is 18.0 Å². The van der Waals surface area contributed by atoms with Crippen LogP contribution in [0.15, 0.2) is 60.3 Å². The van der Waals surface area contributed by atoms with Crippen molar-refractivity contribution in [1.29, 1.82) is 0 Å². The highest BCUT2D eigenvalue weighted by molar-refractivity contribution is 7.80. The van der Waals surface area contributed by atoms with Crippen LogP contribution in [0.1, 0.15) is 23.7 Å². The maximum Gasteiger partial charge on any atom is 0.251 e. The van der Waals surface area contributed by atoms with Crippen molar-refractivity contribution in [2.75, 3.05) is 6.54 Å². The first-order valence-electron chi connectivity index (χ1n) is 8.08. The highest BCUT2D eigenvalue weighted by Gasteiger charge is 2.20. The van der Waals surface area contributed by atoms with Gasteiger partial charge < -0.3 is 11.1 Å². The Kier molecular flexibility index (Phi) is 5.21. The Morgan fingerprint density at radius 2 is 2.08 bits per heavy atom. The molecule has 0 saturated carbocycles. The minimum absolute atomic E-state index is 0.180. The number of nitrogens with two attached hydrogens (primary N) is 1. The number of nitrogens with zero attached hydrogens (tertiary/aromatic N) is 2. The normalized spacial score (nSPS) is 15.4. The maximum atomic E-state index is 12.7. The van der Waals surface area contributed by atoms with E-state index in [9.17, 15) is 4.79 Å². The molecule has 6 heteroatoms. The summed E-state index contributed by atoms with van der Waals surface area (Å²) >= 11 is 5.38. The molecule has 1 amide bonds. The van der Waals surface area contributed by atoms with Gasteiger partial charge >= 0.3 is 0 Å². The van der Waals surface area contributed by atoms with Gasteiger partial charge in [-0.3, -0.25) is 9.48 Å². The Hall–Kier alpha value is -2.57. The summed E-state index contributed by atoms with van der Waals surface area (Å²) in [7, 11) is 1.87. The lowest BCUT2D eigenvalue weighted by Gasteiger charge is -2.20. The van der Waals surface area contributed by atoms with Crippen molar-refractivity contribution in [3.8, 4) is 0 Å². The van der Waals surface area contributed by atoms with E-state index >= 15 is 0 Å². The molecule has 0 bridgehead atoms. The molecule has 1 unspecified atom stereocenters. The molecule has 1 atom stereocenters. The van der Waals surface area contributed by atoms with Gasteiger partial charge in [-0.15, -0.1) is 0 Å². The van der Waals surface area contributed by atoms with Crippen LogP contribution in [-0.4, -0.2) is 27.1 Å². The number of hydrogen-bond donors (Lipinski definition) is 2. The van der Waals surface area contributed by atoms with Gasteiger partial charge in [0.2, 0.25) is 0 Å². The molecule has 1 aromatic heterocycles. The fraction of sp³-hybridized carbons (Fsp3) is 0.211. The van der Waals surface area contributed by atoms with Crippen LogP contribution in [-0.2, 0) is 11.8 Å². The number of carbonyl (C=O) groups excluding carboxylic acids is 1. The summed E-state index contributed by atoms with van der Waals surface area (Å²) in [6, 6.07) is 11.4. The second kappa shape index (κ2) is 7.55. The SMILES string of the molecule is Cn1nccc1C1=CC(C(=O)NC(CN)c2ccccc2)=CC(=S)C1. The second-order valence-electron chi connectivity index (χ2n) is 5.92. The second-order valence-corrected chi connectivity index (χ2v) is 6.45. The van der Waals surface area contributed by atoms with Crippen LogP contribution in [0, 0.1) is 0 Å². The van der Waals surface area contributed by atoms with E-state index in [1.165, 1.54) is 0 Å². The fourth-order valence-electron chi connectivity index (χ4n) is 2.88. The predicted molar refractivity (Wildman–Crippen MR) is 103 cm³/mol. The number of carbonyl (C=O) groups is 1. The molecule has 3 N–H and O–H groups in total. The first-order chi connectivity index (χ1) is 12.1. The molecule has 0 spiro atoms. The summed E-state index contributed by atoms with van der Waals surface area (Å²) in [6.45, 7) is 0.325. The molecule has 5 nitrogen and oxygen atoms in total. The first-order valence-corrected chi connectivity index (χ1v) is 8.48. The molecule has 1 aliphatic carbocycles. The zero-order valence-corrected chi connectivity index (χ0v) is 14.8. The monoisotopic (exact) mass is 352 g/mol. The number of allylic oxidation sites excluding steroid dienone is 2.